The van der Waals surface area contributed by atoms with Crippen LogP contribution in [0.5, 0.6) is 0 Å². The molecule has 2 heterocycles. The molecule has 1 aromatic carbocycles. The Morgan fingerprint density at radius 3 is 2.96 bits per heavy atom. The zero-order valence-electron chi connectivity index (χ0n) is 12.2. The van der Waals surface area contributed by atoms with Crippen LogP contribution >= 0.6 is 27.7 Å². The number of carbonyl (C=O) groups is 1. The number of fused-ring (bicyclic) bond motifs is 1. The zero-order chi connectivity index (χ0) is 16.6. The lowest BCUT2D eigenvalue weighted by Crippen LogP contribution is -2.31. The van der Waals surface area contributed by atoms with Gasteiger partial charge < -0.3 is 10.3 Å². The van der Waals surface area contributed by atoms with Crippen molar-refractivity contribution in [1.82, 2.24) is 9.97 Å². The number of amides is 1. The number of aromatic nitrogens is 2. The Bertz CT molecular complexity index is 840. The van der Waals surface area contributed by atoms with Crippen LogP contribution in [0.3, 0.4) is 0 Å². The highest BCUT2D eigenvalue weighted by molar-refractivity contribution is 9.10. The van der Waals surface area contributed by atoms with E-state index in [1.165, 1.54) is 17.8 Å². The highest BCUT2D eigenvalue weighted by Gasteiger charge is 2.32. The van der Waals surface area contributed by atoms with Gasteiger partial charge in [0.05, 0.1) is 5.56 Å². The Morgan fingerprint density at radius 1 is 1.43 bits per heavy atom. The first-order valence-corrected chi connectivity index (χ1v) is 8.79. The van der Waals surface area contributed by atoms with Gasteiger partial charge in [0, 0.05) is 16.8 Å². The van der Waals surface area contributed by atoms with Crippen molar-refractivity contribution in [3.63, 3.8) is 0 Å². The van der Waals surface area contributed by atoms with E-state index in [0.29, 0.717) is 20.8 Å². The van der Waals surface area contributed by atoms with E-state index in [1.54, 1.807) is 12.1 Å². The molecule has 0 aliphatic carbocycles. The van der Waals surface area contributed by atoms with Crippen molar-refractivity contribution in [1.29, 1.82) is 0 Å². The van der Waals surface area contributed by atoms with Gasteiger partial charge in [0.2, 0.25) is 5.91 Å². The number of nitrogens with one attached hydrogen (secondary N) is 2. The van der Waals surface area contributed by atoms with Crippen LogP contribution in [0.25, 0.3) is 0 Å². The van der Waals surface area contributed by atoms with Gasteiger partial charge in [-0.3, -0.25) is 9.59 Å². The molecule has 120 valence electrons. The second kappa shape index (κ2) is 6.45. The molecule has 2 aromatic rings. The Labute approximate surface area is 144 Å². The molecule has 2 N–H and O–H groups in total. The molecule has 0 saturated heterocycles. The van der Waals surface area contributed by atoms with Crippen molar-refractivity contribution in [2.45, 2.75) is 24.4 Å². The van der Waals surface area contributed by atoms with Gasteiger partial charge >= 0.3 is 0 Å². The van der Waals surface area contributed by atoms with Crippen molar-refractivity contribution >= 4 is 39.4 Å². The molecule has 0 saturated carbocycles. The molecule has 23 heavy (non-hydrogen) atoms. The summed E-state index contributed by atoms with van der Waals surface area (Å²) >= 11 is 4.66. The number of halogens is 2. The second-order valence-electron chi connectivity index (χ2n) is 5.04. The summed E-state index contributed by atoms with van der Waals surface area (Å²) in [6, 6.07) is 4.48. The lowest BCUT2D eigenvalue weighted by molar-refractivity contribution is -0.116. The third-order valence-electron chi connectivity index (χ3n) is 3.54. The Balaban J connectivity index is 2.17. The van der Waals surface area contributed by atoms with Gasteiger partial charge in [0.15, 0.2) is 5.16 Å². The number of nitrogens with zero attached hydrogens (tertiary/aromatic N) is 1. The number of rotatable bonds is 3. The lowest BCUT2D eigenvalue weighted by atomic mass is 9.86. The molecule has 0 radical (unpaired) electrons. The molecule has 1 aliphatic heterocycles. The monoisotopic (exact) mass is 397 g/mol. The Hall–Kier alpha value is -1.67. The number of thioether (sulfide) groups is 1. The van der Waals surface area contributed by atoms with E-state index in [-0.39, 0.29) is 23.7 Å². The number of benzene rings is 1. The molecule has 3 rings (SSSR count). The van der Waals surface area contributed by atoms with Crippen molar-refractivity contribution in [3.05, 3.63) is 50.0 Å². The van der Waals surface area contributed by atoms with E-state index < -0.39 is 11.7 Å². The number of hydrogen-bond donors (Lipinski definition) is 2. The summed E-state index contributed by atoms with van der Waals surface area (Å²) in [5, 5.41) is 3.05. The van der Waals surface area contributed by atoms with E-state index in [2.05, 4.69) is 31.2 Å². The summed E-state index contributed by atoms with van der Waals surface area (Å²) in [4.78, 5) is 31.4. The van der Waals surface area contributed by atoms with Crippen LogP contribution in [-0.4, -0.2) is 21.6 Å². The van der Waals surface area contributed by atoms with Crippen molar-refractivity contribution in [2.24, 2.45) is 0 Å². The quantitative estimate of drug-likeness (QED) is 0.615. The van der Waals surface area contributed by atoms with E-state index in [4.69, 9.17) is 0 Å². The predicted octanol–water partition coefficient (Wildman–Crippen LogP) is 3.26. The lowest BCUT2D eigenvalue weighted by Gasteiger charge is -2.24. The third-order valence-corrected chi connectivity index (χ3v) is 4.79. The molecule has 5 nitrogen and oxygen atoms in total. The van der Waals surface area contributed by atoms with E-state index >= 15 is 0 Å². The molecule has 1 aromatic heterocycles. The van der Waals surface area contributed by atoms with E-state index in [1.807, 2.05) is 6.92 Å². The molecule has 1 aliphatic rings. The summed E-state index contributed by atoms with van der Waals surface area (Å²) in [6.07, 6.45) is 0.00536. The SMILES string of the molecule is CCSc1nc2c(c(=O)[nH]1)C(c1cc(Br)ccc1F)CC(=O)N2. The van der Waals surface area contributed by atoms with Crippen LogP contribution in [0.15, 0.2) is 32.6 Å². The largest absolute Gasteiger partial charge is 0.310 e. The van der Waals surface area contributed by atoms with Crippen LogP contribution in [0.2, 0.25) is 0 Å². The number of anilines is 1. The number of aromatic amines is 1. The summed E-state index contributed by atoms with van der Waals surface area (Å²) in [6.45, 7) is 1.93. The van der Waals surface area contributed by atoms with E-state index in [9.17, 15) is 14.0 Å². The second-order valence-corrected chi connectivity index (χ2v) is 7.21. The van der Waals surface area contributed by atoms with Crippen molar-refractivity contribution in [3.8, 4) is 0 Å². The average molecular weight is 398 g/mol. The molecule has 0 fully saturated rings. The number of carbonyl (C=O) groups excluding carboxylic acids is 1. The van der Waals surface area contributed by atoms with Gasteiger partial charge in [-0.05, 0) is 29.5 Å². The molecular formula is C15H13BrFN3O2S. The maximum Gasteiger partial charge on any atom is 0.257 e. The van der Waals surface area contributed by atoms with Crippen LogP contribution in [-0.2, 0) is 4.79 Å². The highest BCUT2D eigenvalue weighted by Crippen LogP contribution is 2.36. The van der Waals surface area contributed by atoms with Crippen LogP contribution < -0.4 is 10.9 Å². The smallest absolute Gasteiger partial charge is 0.257 e. The number of H-pyrrole nitrogens is 1. The topological polar surface area (TPSA) is 74.8 Å². The molecular weight excluding hydrogens is 385 g/mol. The summed E-state index contributed by atoms with van der Waals surface area (Å²) in [7, 11) is 0. The van der Waals surface area contributed by atoms with Crippen LogP contribution in [0.4, 0.5) is 10.2 Å². The van der Waals surface area contributed by atoms with Crippen molar-refractivity contribution in [2.75, 3.05) is 11.1 Å². The fraction of sp³-hybridized carbons (Fsp3) is 0.267. The minimum Gasteiger partial charge on any atom is -0.310 e. The normalized spacial score (nSPS) is 16.8. The zero-order valence-corrected chi connectivity index (χ0v) is 14.6. The highest BCUT2D eigenvalue weighted by atomic mass is 79.9. The summed E-state index contributed by atoms with van der Waals surface area (Å²) in [5.41, 5.74) is 0.246. The van der Waals surface area contributed by atoms with Gasteiger partial charge in [-0.2, -0.15) is 0 Å². The number of hydrogen-bond acceptors (Lipinski definition) is 4. The van der Waals surface area contributed by atoms with Gasteiger partial charge in [-0.15, -0.1) is 0 Å². The van der Waals surface area contributed by atoms with Gasteiger partial charge in [-0.1, -0.05) is 34.6 Å². The van der Waals surface area contributed by atoms with E-state index in [0.717, 1.165) is 5.75 Å². The minimum absolute atomic E-state index is 0.00536. The fourth-order valence-corrected chi connectivity index (χ4v) is 3.58. The first-order chi connectivity index (χ1) is 11.0. The molecule has 1 amide bonds. The molecule has 0 spiro atoms. The third kappa shape index (κ3) is 3.18. The summed E-state index contributed by atoms with van der Waals surface area (Å²) < 4.78 is 14.9. The fourth-order valence-electron chi connectivity index (χ4n) is 2.60. The molecule has 1 unspecified atom stereocenters. The Morgan fingerprint density at radius 2 is 2.22 bits per heavy atom. The first kappa shape index (κ1) is 16.2. The minimum atomic E-state index is -0.659. The van der Waals surface area contributed by atoms with Crippen LogP contribution in [0, 0.1) is 5.82 Å². The Kier molecular flexibility index (Phi) is 4.54. The van der Waals surface area contributed by atoms with Crippen LogP contribution in [0.1, 0.15) is 30.4 Å². The first-order valence-electron chi connectivity index (χ1n) is 7.01. The molecule has 1 atom stereocenters. The van der Waals surface area contributed by atoms with Gasteiger partial charge in [0.25, 0.3) is 5.56 Å². The molecule has 0 bridgehead atoms. The van der Waals surface area contributed by atoms with Crippen molar-refractivity contribution < 1.29 is 9.18 Å². The maximum atomic E-state index is 14.2. The van der Waals surface area contributed by atoms with Gasteiger partial charge in [-0.25, -0.2) is 9.37 Å². The van der Waals surface area contributed by atoms with Gasteiger partial charge in [0.1, 0.15) is 11.6 Å². The average Bonchev–Trinajstić information content (AvgIpc) is 2.48. The predicted molar refractivity (Wildman–Crippen MR) is 90.4 cm³/mol. The molecule has 8 heteroatoms. The maximum absolute atomic E-state index is 14.2. The summed E-state index contributed by atoms with van der Waals surface area (Å²) in [5.74, 6) is -0.449. The standard InChI is InChI=1S/C15H13BrFN3O2S/c1-2-23-15-19-13-12(14(22)20-15)9(6-11(21)18-13)8-5-7(16)3-4-10(8)17/h3-5,9H,2,6H2,1H3,(H2,18,19,20,21,22).